The first-order valence-corrected chi connectivity index (χ1v) is 29.1. The minimum atomic E-state index is -4.23. The summed E-state index contributed by atoms with van der Waals surface area (Å²) in [5, 5.41) is 29.8. The molecule has 1 aromatic heterocycles. The van der Waals surface area contributed by atoms with E-state index in [1.807, 2.05) is 214 Å². The molecule has 5 atom stereocenters. The lowest BCUT2D eigenvalue weighted by Gasteiger charge is -2.38. The van der Waals surface area contributed by atoms with E-state index in [4.69, 9.17) is 28.0 Å². The zero-order valence-electron chi connectivity index (χ0n) is 45.8. The van der Waals surface area contributed by atoms with Crippen LogP contribution in [0, 0.1) is 5.41 Å². The molecule has 0 amide bonds. The molecule has 7 aromatic carbocycles. The van der Waals surface area contributed by atoms with Crippen molar-refractivity contribution >= 4 is 30.4 Å². The normalized spacial score (nSPS) is 18.2. The molecule has 1 fully saturated rings. The van der Waals surface area contributed by atoms with Crippen LogP contribution in [-0.4, -0.2) is 82.5 Å². The van der Waals surface area contributed by atoms with Crippen LogP contribution in [0.1, 0.15) is 65.9 Å². The fourth-order valence-corrected chi connectivity index (χ4v) is 12.2. The van der Waals surface area contributed by atoms with Crippen molar-refractivity contribution in [3.05, 3.63) is 262 Å². The van der Waals surface area contributed by atoms with E-state index < -0.39 is 60.6 Å². The summed E-state index contributed by atoms with van der Waals surface area (Å²) in [4.78, 5) is 32.8. The van der Waals surface area contributed by atoms with Gasteiger partial charge in [0.05, 0.1) is 39.5 Å². The highest BCUT2D eigenvalue weighted by Crippen LogP contribution is 2.48. The van der Waals surface area contributed by atoms with Crippen molar-refractivity contribution in [3.63, 3.8) is 0 Å². The molecule has 0 spiro atoms. The van der Waals surface area contributed by atoms with Gasteiger partial charge in [0.15, 0.2) is 11.3 Å². The molecule has 1 saturated heterocycles. The summed E-state index contributed by atoms with van der Waals surface area (Å²) in [6.45, 7) is 4.44. The Hall–Kier alpha value is -7.21. The van der Waals surface area contributed by atoms with Gasteiger partial charge in [0.1, 0.15) is 46.3 Å². The topological polar surface area (TPSA) is 189 Å². The number of anilines is 1. The van der Waals surface area contributed by atoms with Gasteiger partial charge in [0, 0.05) is 18.5 Å². The lowest BCUT2D eigenvalue weighted by molar-refractivity contribution is -0.124. The Balaban J connectivity index is 0.894. The minimum Gasteiger partial charge on any atom is -0.497 e. The first-order chi connectivity index (χ1) is 39.1. The van der Waals surface area contributed by atoms with E-state index in [2.05, 4.69) is 15.4 Å². The van der Waals surface area contributed by atoms with Gasteiger partial charge in [0.2, 0.25) is 0 Å². The van der Waals surface area contributed by atoms with Crippen LogP contribution in [0.5, 0.6) is 11.5 Å². The zero-order chi connectivity index (χ0) is 57.1. The largest absolute Gasteiger partial charge is 0.497 e. The number of hydrogen-bond donors (Lipinski definition) is 4. The molecule has 2 unspecified atom stereocenters. The fraction of sp³-hybridized carbons (Fsp3) is 0.266. The number of hydrogen-bond acceptors (Lipinski definition) is 14. The number of nitrogens with zero attached hydrogens (tertiary/aromatic N) is 2. The number of aromatic nitrogens is 2. The maximum absolute atomic E-state index is 14.6. The number of methoxy groups -OCH3 is 2. The van der Waals surface area contributed by atoms with Gasteiger partial charge in [-0.25, -0.2) is 14.4 Å². The van der Waals surface area contributed by atoms with Crippen LogP contribution in [0.4, 0.5) is 5.82 Å². The Morgan fingerprint density at radius 1 is 0.691 bits per heavy atom. The van der Waals surface area contributed by atoms with Crippen LogP contribution >= 0.6 is 19.5 Å². The molecule has 0 radical (unpaired) electrons. The zero-order valence-corrected chi connectivity index (χ0v) is 47.5. The number of carbonyl (C=O) groups is 1. The maximum Gasteiger partial charge on any atom is 0.405 e. The molecule has 0 bridgehead atoms. The van der Waals surface area contributed by atoms with Crippen molar-refractivity contribution in [2.24, 2.45) is 5.41 Å². The first-order valence-electron chi connectivity index (χ1n) is 26.6. The van der Waals surface area contributed by atoms with E-state index in [1.54, 1.807) is 20.3 Å². The van der Waals surface area contributed by atoms with Crippen molar-refractivity contribution in [3.8, 4) is 11.5 Å². The second kappa shape index (κ2) is 25.7. The van der Waals surface area contributed by atoms with E-state index in [0.29, 0.717) is 11.5 Å². The lowest BCUT2D eigenvalue weighted by atomic mass is 9.77. The van der Waals surface area contributed by atoms with Gasteiger partial charge in [-0.3, -0.25) is 18.4 Å². The molecule has 8 aromatic rings. The number of rotatable bonds is 25. The fourth-order valence-electron chi connectivity index (χ4n) is 10.0. The molecule has 4 N–H and O–H groups in total. The summed E-state index contributed by atoms with van der Waals surface area (Å²) in [6, 6.07) is 65.5. The van der Waals surface area contributed by atoms with Gasteiger partial charge in [-0.15, -0.1) is 0 Å². The second-order valence-electron chi connectivity index (χ2n) is 20.4. The summed E-state index contributed by atoms with van der Waals surface area (Å²) < 4.78 is 52.0. The van der Waals surface area contributed by atoms with Crippen molar-refractivity contribution in [2.75, 3.05) is 45.1 Å². The molecule has 2 heterocycles. The Bertz CT molecular complexity index is 3270. The summed E-state index contributed by atoms with van der Waals surface area (Å²) in [5.41, 5.74) is -0.0137. The first kappa shape index (κ1) is 58.4. The molecule has 17 heteroatoms. The van der Waals surface area contributed by atoms with Crippen LogP contribution in [0.3, 0.4) is 0 Å². The highest BCUT2D eigenvalue weighted by atomic mass is 32.2. The highest BCUT2D eigenvalue weighted by Gasteiger charge is 2.54. The van der Waals surface area contributed by atoms with E-state index in [1.165, 1.54) is 13.1 Å². The number of benzene rings is 7. The lowest BCUT2D eigenvalue weighted by Crippen LogP contribution is -2.46. The molecule has 15 nitrogen and oxygen atoms in total. The van der Waals surface area contributed by atoms with Crippen LogP contribution in [0.25, 0.3) is 0 Å². The van der Waals surface area contributed by atoms with Crippen LogP contribution in [0.2, 0.25) is 0 Å². The summed E-state index contributed by atoms with van der Waals surface area (Å²) in [5.74, 6) is 1.62. The van der Waals surface area contributed by atoms with Gasteiger partial charge in [0.25, 0.3) is 0 Å². The average Bonchev–Trinajstić information content (AvgIpc) is 3.84. The highest BCUT2D eigenvalue weighted by molar-refractivity contribution is 8.13. The minimum absolute atomic E-state index is 0.0560. The van der Waals surface area contributed by atoms with E-state index in [0.717, 1.165) is 55.3 Å². The SMILES string of the molecule is COc1ccc(C(Nc2ccn([C@@H]3O[C@H](COP(=O)(NCc4ccccc4)OCCSC(=O)C(C)(C)COC(c4ccccc4)(c4ccccc4)c4ccccc4)[C@@H](O)C3(C)O)c(=O)n2)(c2ccccc2)c2ccc(OC)cc2)cc1. The molecule has 0 aliphatic carbocycles. The smallest absolute Gasteiger partial charge is 0.405 e. The predicted molar refractivity (Wildman–Crippen MR) is 314 cm³/mol. The van der Waals surface area contributed by atoms with Gasteiger partial charge >= 0.3 is 13.4 Å². The molecular weight excluding hydrogens is 1060 g/mol. The Labute approximate surface area is 476 Å². The quantitative estimate of drug-likeness (QED) is 0.0240. The van der Waals surface area contributed by atoms with Crippen molar-refractivity contribution in [2.45, 2.75) is 62.5 Å². The Kier molecular flexibility index (Phi) is 18.6. The van der Waals surface area contributed by atoms with Gasteiger partial charge in [-0.2, -0.15) is 4.98 Å². The van der Waals surface area contributed by atoms with Crippen LogP contribution < -0.4 is 25.6 Å². The summed E-state index contributed by atoms with van der Waals surface area (Å²) in [7, 11) is -1.04. The third-order valence-electron chi connectivity index (χ3n) is 14.5. The van der Waals surface area contributed by atoms with E-state index in [9.17, 15) is 24.4 Å². The molecule has 9 rings (SSSR count). The second-order valence-corrected chi connectivity index (χ2v) is 23.3. The summed E-state index contributed by atoms with van der Waals surface area (Å²) in [6.07, 6.45) is -2.96. The number of thioether (sulfide) groups is 1. The summed E-state index contributed by atoms with van der Waals surface area (Å²) >= 11 is 1.02. The third kappa shape index (κ3) is 13.0. The van der Waals surface area contributed by atoms with E-state index in [-0.39, 0.29) is 36.4 Å². The molecule has 1 aliphatic rings. The maximum atomic E-state index is 14.6. The molecule has 1 aliphatic heterocycles. The van der Waals surface area contributed by atoms with Gasteiger partial charge < -0.3 is 34.5 Å². The molecular formula is C64H67N4O11PS. The number of aliphatic hydroxyl groups is 2. The predicted octanol–water partition coefficient (Wildman–Crippen LogP) is 10.9. The number of nitrogens with one attached hydrogen (secondary N) is 2. The molecule has 81 heavy (non-hydrogen) atoms. The van der Waals surface area contributed by atoms with Gasteiger partial charge in [-0.05, 0) is 90.0 Å². The Morgan fingerprint density at radius 2 is 1.16 bits per heavy atom. The van der Waals surface area contributed by atoms with E-state index >= 15 is 0 Å². The Morgan fingerprint density at radius 3 is 1.64 bits per heavy atom. The van der Waals surface area contributed by atoms with Crippen LogP contribution in [-0.2, 0) is 45.6 Å². The third-order valence-corrected chi connectivity index (χ3v) is 17.2. The van der Waals surface area contributed by atoms with Crippen molar-refractivity contribution in [1.82, 2.24) is 14.6 Å². The number of carbonyl (C=O) groups excluding carboxylic acids is 1. The number of aliphatic hydroxyl groups excluding tert-OH is 1. The molecule has 420 valence electrons. The van der Waals surface area contributed by atoms with Crippen molar-refractivity contribution in [1.29, 1.82) is 0 Å². The monoisotopic (exact) mass is 1130 g/mol. The number of ether oxygens (including phenoxy) is 4. The van der Waals surface area contributed by atoms with Crippen LogP contribution in [0.15, 0.2) is 217 Å². The van der Waals surface area contributed by atoms with Crippen molar-refractivity contribution < 1.29 is 47.6 Å². The molecule has 0 saturated carbocycles. The van der Waals surface area contributed by atoms with Gasteiger partial charge in [-0.1, -0.05) is 188 Å². The average molecular weight is 1130 g/mol. The standard InChI is InChI=1S/C64H67N4O11PS/c1-61(2,45-76-64(50-25-15-8-16-26-50,51-27-17-9-18-28-51)52-29-19-10-20-30-52)59(70)81-42-41-77-80(73,65-43-46-21-11-6-12-22-46)78-44-55-57(69)62(3,72)58(79-55)68-40-39-56(66-60(68)71)67-63(47-23-13-7-14-24-47,48-31-35-53(74-4)36-32-48)49-33-37-54(75-5)38-34-49/h6-40,55,57-58,69,72H,41-45H2,1-5H3,(H,65,73)(H,66,67,71)/t55-,57-,58-,62?,80?/m1/s1.